The van der Waals surface area contributed by atoms with E-state index in [4.69, 9.17) is 0 Å². The van der Waals surface area contributed by atoms with E-state index in [1.54, 1.807) is 0 Å². The molecule has 0 aromatic heterocycles. The number of nitrogens with zero attached hydrogens (tertiary/aromatic N) is 1. The first kappa shape index (κ1) is 12.0. The molecule has 0 amide bonds. The summed E-state index contributed by atoms with van der Waals surface area (Å²) in [5, 5.41) is 3.92. The highest BCUT2D eigenvalue weighted by Crippen LogP contribution is 2.33. The van der Waals surface area contributed by atoms with Crippen LogP contribution in [0.4, 0.5) is 0 Å². The zero-order valence-electron chi connectivity index (χ0n) is 11.3. The molecule has 2 heteroatoms. The third-order valence-corrected chi connectivity index (χ3v) is 5.32. The van der Waals surface area contributed by atoms with Gasteiger partial charge in [0.25, 0.3) is 0 Å². The van der Waals surface area contributed by atoms with Crippen molar-refractivity contribution in [2.45, 2.75) is 76.4 Å². The van der Waals surface area contributed by atoms with Crippen LogP contribution in [0.3, 0.4) is 0 Å². The lowest BCUT2D eigenvalue weighted by Gasteiger charge is -2.46. The number of nitrogens with one attached hydrogen (secondary N) is 1. The van der Waals surface area contributed by atoms with Gasteiger partial charge in [-0.2, -0.15) is 0 Å². The van der Waals surface area contributed by atoms with Crippen LogP contribution in [0.15, 0.2) is 0 Å². The van der Waals surface area contributed by atoms with Gasteiger partial charge in [-0.05, 0) is 51.0 Å². The summed E-state index contributed by atoms with van der Waals surface area (Å²) in [6.07, 6.45) is 11.5. The van der Waals surface area contributed by atoms with Crippen molar-refractivity contribution in [2.24, 2.45) is 5.92 Å². The van der Waals surface area contributed by atoms with Crippen LogP contribution in [0.25, 0.3) is 0 Å². The molecule has 17 heavy (non-hydrogen) atoms. The van der Waals surface area contributed by atoms with Crippen molar-refractivity contribution in [1.82, 2.24) is 10.2 Å². The Bertz CT molecular complexity index is 247. The largest absolute Gasteiger partial charge is 0.310 e. The highest BCUT2D eigenvalue weighted by Gasteiger charge is 2.35. The van der Waals surface area contributed by atoms with E-state index in [0.29, 0.717) is 0 Å². The van der Waals surface area contributed by atoms with Gasteiger partial charge < -0.3 is 5.32 Å². The van der Waals surface area contributed by atoms with Crippen molar-refractivity contribution in [2.75, 3.05) is 13.1 Å². The molecule has 3 unspecified atom stereocenters. The Morgan fingerprint density at radius 1 is 0.882 bits per heavy atom. The fraction of sp³-hybridized carbons (Fsp3) is 1.00. The predicted octanol–water partition coefficient (Wildman–Crippen LogP) is 2.78. The van der Waals surface area contributed by atoms with Gasteiger partial charge in [0.1, 0.15) is 0 Å². The first-order valence-corrected chi connectivity index (χ1v) is 7.83. The van der Waals surface area contributed by atoms with E-state index in [9.17, 15) is 0 Å². The van der Waals surface area contributed by atoms with Gasteiger partial charge in [-0.15, -0.1) is 0 Å². The molecule has 0 bridgehead atoms. The molecule has 1 saturated heterocycles. The summed E-state index contributed by atoms with van der Waals surface area (Å²) in [5.74, 6) is 0.959. The minimum atomic E-state index is 0.791. The second-order valence-electron chi connectivity index (χ2n) is 6.60. The average molecular weight is 236 g/mol. The number of hydrogen-bond acceptors (Lipinski definition) is 2. The molecule has 3 rings (SSSR count). The molecule has 0 aromatic rings. The van der Waals surface area contributed by atoms with Crippen LogP contribution in [-0.4, -0.2) is 36.1 Å². The fourth-order valence-electron chi connectivity index (χ4n) is 4.06. The molecule has 3 fully saturated rings. The molecule has 1 heterocycles. The third kappa shape index (κ3) is 2.68. The Labute approximate surface area is 106 Å². The predicted molar refractivity (Wildman–Crippen MR) is 72.2 cm³/mol. The second kappa shape index (κ2) is 5.27. The lowest BCUT2D eigenvalue weighted by atomic mass is 9.79. The van der Waals surface area contributed by atoms with Crippen molar-refractivity contribution >= 4 is 0 Å². The summed E-state index contributed by atoms with van der Waals surface area (Å²) in [4.78, 5) is 2.78. The van der Waals surface area contributed by atoms with Gasteiger partial charge in [0.2, 0.25) is 0 Å². The Hall–Kier alpha value is -0.0800. The van der Waals surface area contributed by atoms with E-state index in [-0.39, 0.29) is 0 Å². The topological polar surface area (TPSA) is 15.3 Å². The van der Waals surface area contributed by atoms with E-state index in [1.165, 1.54) is 64.5 Å². The van der Waals surface area contributed by atoms with Crippen LogP contribution < -0.4 is 5.32 Å². The maximum Gasteiger partial charge on any atom is 0.0198 e. The van der Waals surface area contributed by atoms with E-state index < -0.39 is 0 Å². The summed E-state index contributed by atoms with van der Waals surface area (Å²) < 4.78 is 0. The van der Waals surface area contributed by atoms with Gasteiger partial charge in [0.05, 0.1) is 0 Å². The van der Waals surface area contributed by atoms with Gasteiger partial charge in [0, 0.05) is 24.7 Å². The number of likely N-dealkylation sites (tertiary alicyclic amines) is 1. The van der Waals surface area contributed by atoms with Gasteiger partial charge in [-0.25, -0.2) is 0 Å². The molecule has 1 aliphatic heterocycles. The second-order valence-corrected chi connectivity index (χ2v) is 6.60. The molecule has 2 nitrogen and oxygen atoms in total. The van der Waals surface area contributed by atoms with E-state index in [0.717, 1.165) is 24.0 Å². The van der Waals surface area contributed by atoms with Crippen LogP contribution in [0.5, 0.6) is 0 Å². The van der Waals surface area contributed by atoms with Crippen molar-refractivity contribution in [3.05, 3.63) is 0 Å². The Balaban J connectivity index is 1.48. The highest BCUT2D eigenvalue weighted by molar-refractivity contribution is 4.91. The standard InChI is InChI=1S/C15H28N2/c1-12-8-9-15(12)17-10-4-7-14(11-17)16-13-5-2-3-6-13/h12-16H,2-11H2,1H3. The van der Waals surface area contributed by atoms with Gasteiger partial charge >= 0.3 is 0 Å². The number of piperidine rings is 1. The first-order chi connectivity index (χ1) is 8.33. The SMILES string of the molecule is CC1CCC1N1CCCC(NC2CCCC2)C1. The number of hydrogen-bond donors (Lipinski definition) is 1. The van der Waals surface area contributed by atoms with Crippen molar-refractivity contribution < 1.29 is 0 Å². The Morgan fingerprint density at radius 3 is 2.29 bits per heavy atom. The first-order valence-electron chi connectivity index (χ1n) is 7.83. The molecule has 0 aromatic carbocycles. The maximum absolute atomic E-state index is 3.92. The molecule has 1 N–H and O–H groups in total. The molecule has 2 saturated carbocycles. The van der Waals surface area contributed by atoms with E-state index >= 15 is 0 Å². The molecule has 3 atom stereocenters. The third-order valence-electron chi connectivity index (χ3n) is 5.32. The zero-order chi connectivity index (χ0) is 11.7. The van der Waals surface area contributed by atoms with Crippen molar-refractivity contribution in [1.29, 1.82) is 0 Å². The van der Waals surface area contributed by atoms with E-state index in [1.807, 2.05) is 0 Å². The Morgan fingerprint density at radius 2 is 1.65 bits per heavy atom. The van der Waals surface area contributed by atoms with Crippen molar-refractivity contribution in [3.8, 4) is 0 Å². The van der Waals surface area contributed by atoms with E-state index in [2.05, 4.69) is 17.1 Å². The van der Waals surface area contributed by atoms with Crippen LogP contribution in [-0.2, 0) is 0 Å². The molecule has 0 spiro atoms. The Kier molecular flexibility index (Phi) is 3.72. The van der Waals surface area contributed by atoms with Crippen molar-refractivity contribution in [3.63, 3.8) is 0 Å². The van der Waals surface area contributed by atoms with Crippen LogP contribution in [0.2, 0.25) is 0 Å². The summed E-state index contributed by atoms with van der Waals surface area (Å²) in [5.41, 5.74) is 0. The average Bonchev–Trinajstić information content (AvgIpc) is 2.80. The highest BCUT2D eigenvalue weighted by atomic mass is 15.2. The van der Waals surface area contributed by atoms with Crippen LogP contribution in [0.1, 0.15) is 58.3 Å². The zero-order valence-corrected chi connectivity index (χ0v) is 11.3. The minimum Gasteiger partial charge on any atom is -0.310 e. The lowest BCUT2D eigenvalue weighted by Crippen LogP contribution is -2.55. The summed E-state index contributed by atoms with van der Waals surface area (Å²) in [7, 11) is 0. The molecule has 0 radical (unpaired) electrons. The number of rotatable bonds is 3. The minimum absolute atomic E-state index is 0.791. The quantitative estimate of drug-likeness (QED) is 0.810. The molecule has 3 aliphatic rings. The molecule has 98 valence electrons. The van der Waals surface area contributed by atoms with Gasteiger partial charge in [-0.3, -0.25) is 4.90 Å². The van der Waals surface area contributed by atoms with Crippen LogP contribution in [0, 0.1) is 5.92 Å². The fourth-order valence-corrected chi connectivity index (χ4v) is 4.06. The molecule has 2 aliphatic carbocycles. The summed E-state index contributed by atoms with van der Waals surface area (Å²) in [6.45, 7) is 5.12. The smallest absolute Gasteiger partial charge is 0.0198 e. The summed E-state index contributed by atoms with van der Waals surface area (Å²) in [6, 6.07) is 2.56. The summed E-state index contributed by atoms with van der Waals surface area (Å²) >= 11 is 0. The molecular formula is C15H28N2. The monoisotopic (exact) mass is 236 g/mol. The maximum atomic E-state index is 3.92. The lowest BCUT2D eigenvalue weighted by molar-refractivity contribution is 0.0425. The molecular weight excluding hydrogens is 208 g/mol. The van der Waals surface area contributed by atoms with Gasteiger partial charge in [-0.1, -0.05) is 19.8 Å². The normalized spacial score (nSPS) is 40.4. The van der Waals surface area contributed by atoms with Gasteiger partial charge in [0.15, 0.2) is 0 Å². The van der Waals surface area contributed by atoms with Crippen LogP contribution >= 0.6 is 0 Å².